The molecule has 6 aromatic rings. The fraction of sp³-hybridized carbons (Fsp3) is 0.375. The second-order valence-electron chi connectivity index (χ2n) is 17.7. The van der Waals surface area contributed by atoms with E-state index in [0.29, 0.717) is 81.7 Å². The smallest absolute Gasteiger partial charge is 0.416 e. The van der Waals surface area contributed by atoms with Gasteiger partial charge in [-0.2, -0.15) is 31.3 Å². The van der Waals surface area contributed by atoms with Crippen LogP contribution in [0.2, 0.25) is 0 Å². The van der Waals surface area contributed by atoms with Crippen LogP contribution in [0.4, 0.5) is 70.6 Å². The molecule has 5 aliphatic heterocycles. The number of carbonyl (C=O) groups is 2. The monoisotopic (exact) mass is 1030 g/mol. The Morgan fingerprint density at radius 2 is 1.24 bits per heavy atom. The van der Waals surface area contributed by atoms with Gasteiger partial charge in [-0.1, -0.05) is 24.3 Å². The first kappa shape index (κ1) is 49.6. The Morgan fingerprint density at radius 1 is 0.676 bits per heavy atom. The van der Waals surface area contributed by atoms with Gasteiger partial charge < -0.3 is 29.1 Å². The summed E-state index contributed by atoms with van der Waals surface area (Å²) in [6, 6.07) is 10.1. The fourth-order valence-corrected chi connectivity index (χ4v) is 9.14. The number of aromatic nitrogens is 8. The molecule has 2 atom stereocenters. The number of hydrogen-bond acceptors (Lipinski definition) is 16. The van der Waals surface area contributed by atoms with Crippen LogP contribution < -0.4 is 39.7 Å². The summed E-state index contributed by atoms with van der Waals surface area (Å²) < 4.78 is 96.0. The largest absolute Gasteiger partial charge is 0.476 e. The van der Waals surface area contributed by atoms with Crippen molar-refractivity contribution in [3.63, 3.8) is 0 Å². The SMILES string of the molecule is O=C(Nc1ccnc(OC2CCOCC2)n1)N1c2nc(-c3cccc(C(F)(F)F)c3)ncc2N2CC[C@H]1C2.O=C(Nc1cnc(OCCCO)cn1)N1c2nc(-c3cccc(C(F)(F)F)c3)ncc2N2CC[C@H]1C2. The molecule has 74 heavy (non-hydrogen) atoms. The Balaban J connectivity index is 0.000000170. The molecule has 0 saturated carbocycles. The molecule has 20 nitrogen and oxygen atoms in total. The van der Waals surface area contributed by atoms with Gasteiger partial charge in [0.15, 0.2) is 29.1 Å². The summed E-state index contributed by atoms with van der Waals surface area (Å²) in [5.74, 6) is 1.57. The zero-order valence-corrected chi connectivity index (χ0v) is 39.1. The number of anilines is 6. The van der Waals surface area contributed by atoms with Crippen molar-refractivity contribution in [1.82, 2.24) is 39.9 Å². The third-order valence-corrected chi connectivity index (χ3v) is 12.8. The van der Waals surface area contributed by atoms with E-state index < -0.39 is 35.5 Å². The van der Waals surface area contributed by atoms with Crippen LogP contribution in [0.5, 0.6) is 11.9 Å². The van der Waals surface area contributed by atoms with Crippen molar-refractivity contribution in [2.45, 2.75) is 62.6 Å². The second kappa shape index (κ2) is 20.9. The molecule has 0 aliphatic carbocycles. The number of nitrogens with one attached hydrogen (secondary N) is 2. The topological polar surface area (TPSA) is 222 Å². The Hall–Kier alpha value is -8.00. The van der Waals surface area contributed by atoms with E-state index in [1.165, 1.54) is 54.0 Å². The number of aliphatic hydroxyl groups excluding tert-OH is 1. The van der Waals surface area contributed by atoms with Crippen molar-refractivity contribution >= 4 is 46.7 Å². The highest BCUT2D eigenvalue weighted by Crippen LogP contribution is 2.42. The molecule has 0 spiro atoms. The number of ether oxygens (including phenoxy) is 3. The van der Waals surface area contributed by atoms with E-state index in [1.54, 1.807) is 17.2 Å². The molecule has 4 aromatic heterocycles. The van der Waals surface area contributed by atoms with E-state index in [0.717, 1.165) is 37.1 Å². The average molecular weight is 1030 g/mol. The Morgan fingerprint density at radius 3 is 1.77 bits per heavy atom. The van der Waals surface area contributed by atoms with Crippen molar-refractivity contribution in [2.75, 3.05) is 82.8 Å². The number of halogens is 6. The Bertz CT molecular complexity index is 3010. The Labute approximate surface area is 417 Å². The van der Waals surface area contributed by atoms with Gasteiger partial charge in [0.2, 0.25) is 5.88 Å². The number of fused-ring (bicyclic) bond motifs is 8. The van der Waals surface area contributed by atoms with Crippen LogP contribution in [0, 0.1) is 0 Å². The lowest BCUT2D eigenvalue weighted by Crippen LogP contribution is -2.48. The van der Waals surface area contributed by atoms with E-state index in [2.05, 4.69) is 60.3 Å². The minimum Gasteiger partial charge on any atom is -0.476 e. The second-order valence-corrected chi connectivity index (χ2v) is 17.7. The maximum Gasteiger partial charge on any atom is 0.416 e. The highest BCUT2D eigenvalue weighted by Gasteiger charge is 2.43. The number of carbonyl (C=O) groups excluding carboxylic acids is 2. The molecule has 0 radical (unpaired) electrons. The van der Waals surface area contributed by atoms with Gasteiger partial charge in [0.05, 0.1) is 79.2 Å². The van der Waals surface area contributed by atoms with Crippen molar-refractivity contribution in [3.8, 4) is 34.7 Å². The lowest BCUT2D eigenvalue weighted by Gasteiger charge is -2.35. The maximum absolute atomic E-state index is 13.5. The molecule has 4 amide bonds. The predicted molar refractivity (Wildman–Crippen MR) is 255 cm³/mol. The van der Waals surface area contributed by atoms with Gasteiger partial charge in [-0.3, -0.25) is 20.4 Å². The summed E-state index contributed by atoms with van der Waals surface area (Å²) in [7, 11) is 0. The number of rotatable bonds is 10. The summed E-state index contributed by atoms with van der Waals surface area (Å²) in [5, 5.41) is 14.3. The van der Waals surface area contributed by atoms with Crippen molar-refractivity contribution < 1.29 is 55.2 Å². The van der Waals surface area contributed by atoms with Gasteiger partial charge in [-0.05, 0) is 43.2 Å². The summed E-state index contributed by atoms with van der Waals surface area (Å²) in [5.41, 5.74) is 0.0914. The lowest BCUT2D eigenvalue weighted by atomic mass is 10.1. The zero-order chi connectivity index (χ0) is 51.6. The van der Waals surface area contributed by atoms with Gasteiger partial charge in [-0.15, -0.1) is 0 Å². The number of alkyl halides is 6. The molecule has 11 rings (SSSR count). The summed E-state index contributed by atoms with van der Waals surface area (Å²) in [6.07, 6.45) is 1.61. The molecule has 26 heteroatoms. The molecule has 386 valence electrons. The molecule has 2 aromatic carbocycles. The molecule has 3 saturated heterocycles. The van der Waals surface area contributed by atoms with Crippen LogP contribution in [-0.4, -0.2) is 128 Å². The van der Waals surface area contributed by atoms with Crippen LogP contribution in [0.15, 0.2) is 85.6 Å². The van der Waals surface area contributed by atoms with E-state index >= 15 is 0 Å². The molecule has 4 bridgehead atoms. The van der Waals surface area contributed by atoms with Crippen molar-refractivity contribution in [2.24, 2.45) is 0 Å². The molecule has 5 aliphatic rings. The summed E-state index contributed by atoms with van der Waals surface area (Å²) in [4.78, 5) is 68.4. The van der Waals surface area contributed by atoms with Crippen molar-refractivity contribution in [3.05, 3.63) is 96.7 Å². The van der Waals surface area contributed by atoms with Crippen LogP contribution in [0.25, 0.3) is 22.8 Å². The number of urea groups is 2. The summed E-state index contributed by atoms with van der Waals surface area (Å²) in [6.45, 7) is 4.11. The number of amides is 4. The predicted octanol–water partition coefficient (Wildman–Crippen LogP) is 7.49. The van der Waals surface area contributed by atoms with Gasteiger partial charge in [0.25, 0.3) is 0 Å². The van der Waals surface area contributed by atoms with Gasteiger partial charge in [0, 0.05) is 69.4 Å². The molecule has 9 heterocycles. The van der Waals surface area contributed by atoms with Gasteiger partial charge in [-0.25, -0.2) is 44.5 Å². The number of benzene rings is 2. The normalized spacial score (nSPS) is 18.0. The van der Waals surface area contributed by atoms with E-state index in [-0.39, 0.29) is 77.7 Å². The lowest BCUT2D eigenvalue weighted by molar-refractivity contribution is -0.138. The number of nitrogens with zero attached hydrogens (tertiary/aromatic N) is 12. The first-order chi connectivity index (χ1) is 35.7. The third-order valence-electron chi connectivity index (χ3n) is 12.8. The van der Waals surface area contributed by atoms with E-state index in [4.69, 9.17) is 19.3 Å². The molecule has 0 unspecified atom stereocenters. The van der Waals surface area contributed by atoms with Gasteiger partial charge >= 0.3 is 30.4 Å². The number of aliphatic hydroxyl groups is 1. The fourth-order valence-electron chi connectivity index (χ4n) is 9.14. The maximum atomic E-state index is 13.5. The van der Waals surface area contributed by atoms with Crippen molar-refractivity contribution in [1.29, 1.82) is 0 Å². The highest BCUT2D eigenvalue weighted by atomic mass is 19.4. The molecular weight excluding hydrogens is 983 g/mol. The highest BCUT2D eigenvalue weighted by molar-refractivity contribution is 6.05. The first-order valence-corrected chi connectivity index (χ1v) is 23.6. The minimum absolute atomic E-state index is 0.00346. The van der Waals surface area contributed by atoms with Crippen LogP contribution in [0.3, 0.4) is 0 Å². The Kier molecular flexibility index (Phi) is 14.0. The first-order valence-electron chi connectivity index (χ1n) is 23.6. The van der Waals surface area contributed by atoms with Crippen LogP contribution >= 0.6 is 0 Å². The van der Waals surface area contributed by atoms with E-state index in [1.807, 2.05) is 0 Å². The molecule has 3 N–H and O–H groups in total. The molecular formula is C48H46F6N14O6. The average Bonchev–Trinajstić information content (AvgIpc) is 4.02. The van der Waals surface area contributed by atoms with Crippen LogP contribution in [-0.2, 0) is 17.1 Å². The summed E-state index contributed by atoms with van der Waals surface area (Å²) >= 11 is 0. The van der Waals surface area contributed by atoms with Gasteiger partial charge in [0.1, 0.15) is 11.9 Å². The standard InChI is InChI=1S/C25H24F3N7O3.C23H22F3N7O3/c26-25(27,28)16-3-1-2-15(12-16)21-30-13-19-22(33-21)35(17-5-9-34(19)14-17)24(36)32-20-4-8-29-23(31-20)38-18-6-10-37-11-7-18;24-23(25,26)15-4-1-3-14(9-15)20-29-10-17-21(31-20)33(16-5-6-32(17)13-16)22(35)30-18-11-28-19(12-27-18)36-8-2-7-34/h1-4,8,12-13,17-18H,5-7,9-11,14H2,(H,29,31,32,36);1,3-4,9-12,16,34H,2,5-8,13H2,(H,27,30,35)/t17-;16-/m00/s1. The van der Waals surface area contributed by atoms with Crippen LogP contribution in [0.1, 0.15) is 43.2 Å². The minimum atomic E-state index is -4.50. The van der Waals surface area contributed by atoms with E-state index in [9.17, 15) is 35.9 Å². The number of hydrogen-bond donors (Lipinski definition) is 3. The quantitative estimate of drug-likeness (QED) is 0.0894. The zero-order valence-electron chi connectivity index (χ0n) is 39.1. The third kappa shape index (κ3) is 10.9. The molecule has 3 fully saturated rings.